The van der Waals surface area contributed by atoms with Gasteiger partial charge in [-0.15, -0.1) is 0 Å². The van der Waals surface area contributed by atoms with Gasteiger partial charge in [0.25, 0.3) is 0 Å². The second kappa shape index (κ2) is 10.3. The van der Waals surface area contributed by atoms with Gasteiger partial charge in [-0.05, 0) is 36.4 Å². The Morgan fingerprint density at radius 2 is 1.87 bits per heavy atom. The third kappa shape index (κ3) is 6.00. The van der Waals surface area contributed by atoms with Crippen molar-refractivity contribution in [3.63, 3.8) is 0 Å². The number of para-hydroxylation sites is 1. The van der Waals surface area contributed by atoms with E-state index in [1.54, 1.807) is 42.1 Å². The number of nitrogens with zero attached hydrogens (tertiary/aromatic N) is 3. The molecule has 3 aromatic rings. The molecular weight excluding hydrogens is 395 g/mol. The predicted molar refractivity (Wildman–Crippen MR) is 109 cm³/mol. The number of rotatable bonds is 8. The van der Waals surface area contributed by atoms with Crippen LogP contribution in [0.25, 0.3) is 5.69 Å². The molecule has 6 nitrogen and oxygen atoms in total. The van der Waals surface area contributed by atoms with Crippen molar-refractivity contribution in [2.24, 2.45) is 4.99 Å². The van der Waals surface area contributed by atoms with Gasteiger partial charge in [0.15, 0.2) is 5.96 Å². The highest BCUT2D eigenvalue weighted by molar-refractivity contribution is 5.79. The van der Waals surface area contributed by atoms with Crippen LogP contribution in [0.2, 0.25) is 0 Å². The number of hydrogen-bond donors (Lipinski definition) is 2. The van der Waals surface area contributed by atoms with E-state index >= 15 is 0 Å². The molecule has 0 amide bonds. The summed E-state index contributed by atoms with van der Waals surface area (Å²) in [7, 11) is 1.63. The highest BCUT2D eigenvalue weighted by Crippen LogP contribution is 2.19. The number of nitrogens with one attached hydrogen (secondary N) is 2. The van der Waals surface area contributed by atoms with Gasteiger partial charge in [-0.2, -0.15) is 13.9 Å². The van der Waals surface area contributed by atoms with Gasteiger partial charge in [0.05, 0.1) is 11.4 Å². The zero-order chi connectivity index (χ0) is 21.3. The Balaban J connectivity index is 1.49. The molecule has 0 radical (unpaired) electrons. The van der Waals surface area contributed by atoms with Crippen LogP contribution in [-0.4, -0.2) is 35.9 Å². The second-order valence-electron chi connectivity index (χ2n) is 6.32. The summed E-state index contributed by atoms with van der Waals surface area (Å²) in [6.45, 7) is -2.03. The van der Waals surface area contributed by atoms with Gasteiger partial charge in [-0.25, -0.2) is 9.07 Å². The van der Waals surface area contributed by atoms with Crippen LogP contribution >= 0.6 is 0 Å². The summed E-state index contributed by atoms with van der Waals surface area (Å²) in [5, 5.41) is 10.7. The van der Waals surface area contributed by atoms with E-state index < -0.39 is 6.61 Å². The lowest BCUT2D eigenvalue weighted by atomic mass is 10.2. The monoisotopic (exact) mass is 417 g/mol. The number of ether oxygens (including phenoxy) is 1. The summed E-state index contributed by atoms with van der Waals surface area (Å²) < 4.78 is 44.3. The van der Waals surface area contributed by atoms with Gasteiger partial charge in [0, 0.05) is 38.3 Å². The van der Waals surface area contributed by atoms with E-state index in [4.69, 9.17) is 0 Å². The molecule has 0 aliphatic carbocycles. The minimum Gasteiger partial charge on any atom is -0.434 e. The number of aliphatic imine (C=N–C) groups is 1. The molecule has 9 heteroatoms. The SMILES string of the molecule is CN=C(NCCc1ccn(-c2ccc(F)cc2)n1)NCc1ccccc1OC(F)F. The summed E-state index contributed by atoms with van der Waals surface area (Å²) >= 11 is 0. The van der Waals surface area contributed by atoms with Crippen molar-refractivity contribution in [2.75, 3.05) is 13.6 Å². The molecule has 3 rings (SSSR count). The maximum absolute atomic E-state index is 13.0. The molecule has 1 heterocycles. The molecule has 30 heavy (non-hydrogen) atoms. The van der Waals surface area contributed by atoms with Crippen LogP contribution < -0.4 is 15.4 Å². The molecule has 1 aromatic heterocycles. The minimum absolute atomic E-state index is 0.127. The Hall–Kier alpha value is -3.49. The van der Waals surface area contributed by atoms with Gasteiger partial charge in [0.1, 0.15) is 11.6 Å². The van der Waals surface area contributed by atoms with Gasteiger partial charge in [-0.1, -0.05) is 18.2 Å². The Kier molecular flexibility index (Phi) is 7.31. The molecule has 2 aromatic carbocycles. The summed E-state index contributed by atoms with van der Waals surface area (Å²) in [6, 6.07) is 14.6. The lowest BCUT2D eigenvalue weighted by Crippen LogP contribution is -2.38. The van der Waals surface area contributed by atoms with E-state index in [-0.39, 0.29) is 18.1 Å². The van der Waals surface area contributed by atoms with Gasteiger partial charge in [-0.3, -0.25) is 4.99 Å². The van der Waals surface area contributed by atoms with E-state index in [1.807, 2.05) is 12.3 Å². The first-order valence-corrected chi connectivity index (χ1v) is 9.33. The Morgan fingerprint density at radius 3 is 2.60 bits per heavy atom. The van der Waals surface area contributed by atoms with E-state index in [0.717, 1.165) is 11.4 Å². The van der Waals surface area contributed by atoms with E-state index in [9.17, 15) is 13.2 Å². The minimum atomic E-state index is -2.88. The number of aromatic nitrogens is 2. The number of benzene rings is 2. The lowest BCUT2D eigenvalue weighted by Gasteiger charge is -2.14. The molecule has 0 bridgehead atoms. The van der Waals surface area contributed by atoms with Crippen LogP contribution in [0.1, 0.15) is 11.3 Å². The Bertz CT molecular complexity index is 973. The number of alkyl halides is 2. The third-order valence-electron chi connectivity index (χ3n) is 4.27. The van der Waals surface area contributed by atoms with E-state index in [1.165, 1.54) is 18.2 Å². The second-order valence-corrected chi connectivity index (χ2v) is 6.32. The maximum Gasteiger partial charge on any atom is 0.387 e. The smallest absolute Gasteiger partial charge is 0.387 e. The quantitative estimate of drug-likeness (QED) is 0.435. The zero-order valence-corrected chi connectivity index (χ0v) is 16.4. The topological polar surface area (TPSA) is 63.5 Å². The largest absolute Gasteiger partial charge is 0.434 e. The fourth-order valence-corrected chi connectivity index (χ4v) is 2.80. The van der Waals surface area contributed by atoms with Crippen molar-refractivity contribution in [1.29, 1.82) is 0 Å². The molecule has 0 atom stereocenters. The highest BCUT2D eigenvalue weighted by atomic mass is 19.3. The maximum atomic E-state index is 13.0. The van der Waals surface area contributed by atoms with Crippen molar-refractivity contribution < 1.29 is 17.9 Å². The first-order valence-electron chi connectivity index (χ1n) is 9.33. The van der Waals surface area contributed by atoms with Crippen molar-refractivity contribution in [1.82, 2.24) is 20.4 Å². The van der Waals surface area contributed by atoms with Crippen LogP contribution in [0.5, 0.6) is 5.75 Å². The molecule has 0 aliphatic heterocycles. The summed E-state index contributed by atoms with van der Waals surface area (Å²) in [5.41, 5.74) is 2.23. The van der Waals surface area contributed by atoms with E-state index in [0.29, 0.717) is 24.5 Å². The van der Waals surface area contributed by atoms with Crippen molar-refractivity contribution in [3.8, 4) is 11.4 Å². The third-order valence-corrected chi connectivity index (χ3v) is 4.27. The number of halogens is 3. The van der Waals surface area contributed by atoms with Crippen molar-refractivity contribution >= 4 is 5.96 Å². The number of hydrogen-bond acceptors (Lipinski definition) is 3. The molecule has 0 fully saturated rings. The fourth-order valence-electron chi connectivity index (χ4n) is 2.80. The van der Waals surface area contributed by atoms with Gasteiger partial charge < -0.3 is 15.4 Å². The first-order chi connectivity index (χ1) is 14.5. The normalized spacial score (nSPS) is 11.6. The molecule has 158 valence electrons. The van der Waals surface area contributed by atoms with Crippen LogP contribution in [0.15, 0.2) is 65.8 Å². The molecule has 0 spiro atoms. The molecule has 0 saturated carbocycles. The van der Waals surface area contributed by atoms with Crippen LogP contribution in [-0.2, 0) is 13.0 Å². The lowest BCUT2D eigenvalue weighted by molar-refractivity contribution is -0.0504. The number of guanidine groups is 1. The Labute approximate surface area is 172 Å². The van der Waals surface area contributed by atoms with Crippen LogP contribution in [0.3, 0.4) is 0 Å². The van der Waals surface area contributed by atoms with E-state index in [2.05, 4.69) is 25.5 Å². The van der Waals surface area contributed by atoms with Crippen molar-refractivity contribution in [2.45, 2.75) is 19.6 Å². The summed E-state index contributed by atoms with van der Waals surface area (Å²) in [5.74, 6) is 0.360. The standard InChI is InChI=1S/C21H22F3N5O/c1-25-21(27-14-15-4-2-3-5-19(15)30-20(23)24)26-12-10-17-11-13-29(28-17)18-8-6-16(22)7-9-18/h2-9,11,13,20H,10,12,14H2,1H3,(H2,25,26,27). The van der Waals surface area contributed by atoms with Crippen molar-refractivity contribution in [3.05, 3.63) is 77.9 Å². The summed E-state index contributed by atoms with van der Waals surface area (Å²) in [6.07, 6.45) is 2.45. The highest BCUT2D eigenvalue weighted by Gasteiger charge is 2.09. The molecule has 0 unspecified atom stereocenters. The Morgan fingerprint density at radius 1 is 1.10 bits per heavy atom. The fraction of sp³-hybridized carbons (Fsp3) is 0.238. The van der Waals surface area contributed by atoms with Gasteiger partial charge >= 0.3 is 6.61 Å². The molecular formula is C21H22F3N5O. The molecule has 0 aliphatic rings. The molecule has 2 N–H and O–H groups in total. The first kappa shape index (κ1) is 21.2. The zero-order valence-electron chi connectivity index (χ0n) is 16.4. The average Bonchev–Trinajstić information content (AvgIpc) is 3.20. The predicted octanol–water partition coefficient (Wildman–Crippen LogP) is 3.52. The van der Waals surface area contributed by atoms with Crippen LogP contribution in [0.4, 0.5) is 13.2 Å². The average molecular weight is 417 g/mol. The summed E-state index contributed by atoms with van der Waals surface area (Å²) in [4.78, 5) is 4.13. The van der Waals surface area contributed by atoms with Gasteiger partial charge in [0.2, 0.25) is 0 Å². The molecule has 0 saturated heterocycles. The van der Waals surface area contributed by atoms with Crippen LogP contribution in [0, 0.1) is 5.82 Å².